The monoisotopic (exact) mass is 321 g/mol. The van der Waals surface area contributed by atoms with Gasteiger partial charge in [0, 0.05) is 0 Å². The Morgan fingerprint density at radius 2 is 1.92 bits per heavy atom. The molecule has 1 heterocycles. The third-order valence-electron chi connectivity index (χ3n) is 3.75. The first-order chi connectivity index (χ1) is 11.6. The van der Waals surface area contributed by atoms with E-state index < -0.39 is 0 Å². The van der Waals surface area contributed by atoms with E-state index in [0.717, 1.165) is 22.5 Å². The molecule has 2 aromatic carbocycles. The third kappa shape index (κ3) is 3.52. The van der Waals surface area contributed by atoms with Crippen molar-refractivity contribution in [1.29, 1.82) is 0 Å². The van der Waals surface area contributed by atoms with Crippen LogP contribution in [-0.4, -0.2) is 15.7 Å². The summed E-state index contributed by atoms with van der Waals surface area (Å²) in [7, 11) is 0. The van der Waals surface area contributed by atoms with Crippen molar-refractivity contribution in [3.05, 3.63) is 83.2 Å². The number of rotatable bonds is 5. The van der Waals surface area contributed by atoms with Gasteiger partial charge in [-0.15, -0.1) is 0 Å². The van der Waals surface area contributed by atoms with Crippen LogP contribution >= 0.6 is 0 Å². The molecule has 3 rings (SSSR count). The van der Waals surface area contributed by atoms with Gasteiger partial charge in [0.25, 0.3) is 5.91 Å². The summed E-state index contributed by atoms with van der Waals surface area (Å²) < 4.78 is 1.75. The lowest BCUT2D eigenvalue weighted by molar-refractivity contribution is 0.0233. The fraction of sp³-hybridized carbons (Fsp3) is 0.158. The lowest BCUT2D eigenvalue weighted by Crippen LogP contribution is -2.24. The zero-order chi connectivity index (χ0) is 16.9. The summed E-state index contributed by atoms with van der Waals surface area (Å²) in [4.78, 5) is 17.6. The molecule has 122 valence electrons. The first-order valence-corrected chi connectivity index (χ1v) is 7.73. The van der Waals surface area contributed by atoms with Crippen molar-refractivity contribution >= 4 is 5.91 Å². The van der Waals surface area contributed by atoms with Crippen molar-refractivity contribution in [1.82, 2.24) is 15.3 Å². The Morgan fingerprint density at radius 1 is 1.12 bits per heavy atom. The largest absolute Gasteiger partial charge is 0.278 e. The van der Waals surface area contributed by atoms with Crippen molar-refractivity contribution in [2.75, 3.05) is 0 Å². The van der Waals surface area contributed by atoms with Crippen LogP contribution in [0, 0.1) is 13.8 Å². The number of aryl methyl sites for hydroxylation is 1. The predicted octanol–water partition coefficient (Wildman–Crippen LogP) is 3.35. The van der Waals surface area contributed by atoms with Gasteiger partial charge in [0.05, 0.1) is 29.7 Å². The molecule has 24 heavy (non-hydrogen) atoms. The summed E-state index contributed by atoms with van der Waals surface area (Å²) in [5, 5.41) is 4.31. The molecule has 0 bridgehead atoms. The van der Waals surface area contributed by atoms with Crippen molar-refractivity contribution in [2.45, 2.75) is 20.5 Å². The SMILES string of the molecule is Cc1cccc(-n2ncc(C(=O)NOCc3ccccc3)c2C)c1. The quantitative estimate of drug-likeness (QED) is 0.733. The Morgan fingerprint density at radius 3 is 2.67 bits per heavy atom. The van der Waals surface area contributed by atoms with E-state index in [-0.39, 0.29) is 5.91 Å². The number of nitrogens with zero attached hydrogens (tertiary/aromatic N) is 2. The Balaban J connectivity index is 1.68. The maximum Gasteiger partial charge on any atom is 0.278 e. The van der Waals surface area contributed by atoms with E-state index in [1.54, 1.807) is 10.9 Å². The molecular weight excluding hydrogens is 302 g/mol. The predicted molar refractivity (Wildman–Crippen MR) is 91.7 cm³/mol. The number of benzene rings is 2. The van der Waals surface area contributed by atoms with Crippen LogP contribution in [0.2, 0.25) is 0 Å². The molecule has 1 aromatic heterocycles. The molecule has 0 aliphatic heterocycles. The molecular formula is C19H19N3O2. The van der Waals surface area contributed by atoms with Crippen LogP contribution in [0.15, 0.2) is 60.8 Å². The molecule has 0 radical (unpaired) electrons. The van der Waals surface area contributed by atoms with Gasteiger partial charge in [-0.05, 0) is 37.1 Å². The number of hydrogen-bond donors (Lipinski definition) is 1. The van der Waals surface area contributed by atoms with E-state index in [1.807, 2.05) is 68.4 Å². The van der Waals surface area contributed by atoms with Crippen molar-refractivity contribution in [3.63, 3.8) is 0 Å². The number of aromatic nitrogens is 2. The van der Waals surface area contributed by atoms with Gasteiger partial charge in [-0.3, -0.25) is 9.63 Å². The summed E-state index contributed by atoms with van der Waals surface area (Å²) in [6, 6.07) is 17.6. The van der Waals surface area contributed by atoms with Crippen molar-refractivity contribution in [3.8, 4) is 5.69 Å². The number of hydroxylamine groups is 1. The average molecular weight is 321 g/mol. The molecule has 5 nitrogen and oxygen atoms in total. The van der Waals surface area contributed by atoms with E-state index in [0.29, 0.717) is 12.2 Å². The van der Waals surface area contributed by atoms with E-state index >= 15 is 0 Å². The second kappa shape index (κ2) is 7.10. The van der Waals surface area contributed by atoms with Gasteiger partial charge >= 0.3 is 0 Å². The van der Waals surface area contributed by atoms with E-state index in [4.69, 9.17) is 4.84 Å². The highest BCUT2D eigenvalue weighted by Crippen LogP contribution is 2.15. The third-order valence-corrected chi connectivity index (χ3v) is 3.75. The smallest absolute Gasteiger partial charge is 0.269 e. The number of nitrogens with one attached hydrogen (secondary N) is 1. The Hall–Kier alpha value is -2.92. The summed E-state index contributed by atoms with van der Waals surface area (Å²) in [5.74, 6) is -0.303. The molecule has 0 saturated carbocycles. The zero-order valence-corrected chi connectivity index (χ0v) is 13.7. The molecule has 0 fully saturated rings. The summed E-state index contributed by atoms with van der Waals surface area (Å²) in [6.07, 6.45) is 1.55. The maximum absolute atomic E-state index is 12.3. The normalized spacial score (nSPS) is 10.6. The van der Waals surface area contributed by atoms with Gasteiger partial charge in [0.1, 0.15) is 0 Å². The molecule has 0 unspecified atom stereocenters. The van der Waals surface area contributed by atoms with Crippen LogP contribution in [0.25, 0.3) is 5.69 Å². The molecule has 3 aromatic rings. The van der Waals surface area contributed by atoms with Crippen LogP contribution < -0.4 is 5.48 Å². The van der Waals surface area contributed by atoms with Crippen molar-refractivity contribution < 1.29 is 9.63 Å². The van der Waals surface area contributed by atoms with Crippen LogP contribution in [0.3, 0.4) is 0 Å². The molecule has 0 saturated heterocycles. The number of hydrogen-bond acceptors (Lipinski definition) is 3. The second-order valence-electron chi connectivity index (χ2n) is 5.60. The maximum atomic E-state index is 12.3. The Bertz CT molecular complexity index is 841. The van der Waals surface area contributed by atoms with E-state index in [1.165, 1.54) is 0 Å². The van der Waals surface area contributed by atoms with E-state index in [9.17, 15) is 4.79 Å². The van der Waals surface area contributed by atoms with Gasteiger partial charge in [-0.1, -0.05) is 42.5 Å². The van der Waals surface area contributed by atoms with Crippen LogP contribution in [0.1, 0.15) is 27.2 Å². The van der Waals surface area contributed by atoms with Crippen molar-refractivity contribution in [2.24, 2.45) is 0 Å². The number of amides is 1. The number of carbonyl (C=O) groups is 1. The first kappa shape index (κ1) is 16.0. The lowest BCUT2D eigenvalue weighted by Gasteiger charge is -2.07. The molecule has 0 aliphatic carbocycles. The summed E-state index contributed by atoms with van der Waals surface area (Å²) >= 11 is 0. The molecule has 0 spiro atoms. The average Bonchev–Trinajstić information content (AvgIpc) is 2.97. The molecule has 1 N–H and O–H groups in total. The zero-order valence-electron chi connectivity index (χ0n) is 13.7. The first-order valence-electron chi connectivity index (χ1n) is 7.73. The molecule has 5 heteroatoms. The topological polar surface area (TPSA) is 56.2 Å². The minimum Gasteiger partial charge on any atom is -0.269 e. The summed E-state index contributed by atoms with van der Waals surface area (Å²) in [6.45, 7) is 4.20. The van der Waals surface area contributed by atoms with Gasteiger partial charge in [-0.25, -0.2) is 10.2 Å². The lowest BCUT2D eigenvalue weighted by atomic mass is 10.2. The minimum absolute atomic E-state index is 0.303. The van der Waals surface area contributed by atoms with Crippen LogP contribution in [-0.2, 0) is 11.4 Å². The highest BCUT2D eigenvalue weighted by atomic mass is 16.6. The van der Waals surface area contributed by atoms with Gasteiger partial charge < -0.3 is 0 Å². The van der Waals surface area contributed by atoms with Gasteiger partial charge in [0.15, 0.2) is 0 Å². The Kier molecular flexibility index (Phi) is 4.72. The standard InChI is InChI=1S/C19H19N3O2/c1-14-7-6-10-17(11-14)22-15(2)18(12-20-22)19(23)21-24-13-16-8-4-3-5-9-16/h3-12H,13H2,1-2H3,(H,21,23). The number of carbonyl (C=O) groups excluding carboxylic acids is 1. The molecule has 0 aliphatic rings. The van der Waals surface area contributed by atoms with Gasteiger partial charge in [0.2, 0.25) is 0 Å². The highest BCUT2D eigenvalue weighted by Gasteiger charge is 2.15. The fourth-order valence-corrected chi connectivity index (χ4v) is 2.47. The Labute approximate surface area is 140 Å². The van der Waals surface area contributed by atoms with E-state index in [2.05, 4.69) is 10.6 Å². The van der Waals surface area contributed by atoms with Gasteiger partial charge in [-0.2, -0.15) is 5.10 Å². The molecule has 0 atom stereocenters. The van der Waals surface area contributed by atoms with Crippen LogP contribution in [0.5, 0.6) is 0 Å². The summed E-state index contributed by atoms with van der Waals surface area (Å²) in [5.41, 5.74) is 6.78. The highest BCUT2D eigenvalue weighted by molar-refractivity contribution is 5.94. The molecule has 1 amide bonds. The van der Waals surface area contributed by atoms with Crippen LogP contribution in [0.4, 0.5) is 0 Å². The fourth-order valence-electron chi connectivity index (χ4n) is 2.47. The minimum atomic E-state index is -0.303. The second-order valence-corrected chi connectivity index (χ2v) is 5.60.